The Hall–Kier alpha value is -2.49. The number of fused-ring (bicyclic) bond motifs is 1. The maximum Gasteiger partial charge on any atom is 0.234 e. The summed E-state index contributed by atoms with van der Waals surface area (Å²) in [6, 6.07) is 12.3. The van der Waals surface area contributed by atoms with Gasteiger partial charge in [0.15, 0.2) is 0 Å². The second kappa shape index (κ2) is 10.2. The molecule has 0 aliphatic carbocycles. The van der Waals surface area contributed by atoms with Crippen LogP contribution >= 0.6 is 23.1 Å². The summed E-state index contributed by atoms with van der Waals surface area (Å²) in [4.78, 5) is 39.9. The predicted octanol–water partition coefficient (Wildman–Crippen LogP) is 3.51. The Morgan fingerprint density at radius 3 is 2.52 bits per heavy atom. The summed E-state index contributed by atoms with van der Waals surface area (Å²) in [5.41, 5.74) is 0.921. The first kappa shape index (κ1) is 23.7. The van der Waals surface area contributed by atoms with E-state index in [9.17, 15) is 9.59 Å². The highest BCUT2D eigenvalue weighted by Crippen LogP contribution is 2.36. The number of hydrogen-bond donors (Lipinski definition) is 1. The molecule has 2 aromatic heterocycles. The van der Waals surface area contributed by atoms with E-state index < -0.39 is 0 Å². The summed E-state index contributed by atoms with van der Waals surface area (Å²) in [6.07, 6.45) is 1.57. The van der Waals surface area contributed by atoms with Gasteiger partial charge in [-0.05, 0) is 32.4 Å². The summed E-state index contributed by atoms with van der Waals surface area (Å²) >= 11 is 3.10. The molecular weight excluding hydrogens is 454 g/mol. The van der Waals surface area contributed by atoms with Crippen LogP contribution in [0.5, 0.6) is 0 Å². The SMILES string of the molecule is CC(C)(C)NC(=O)CN1CCN(C(=O)CSc2ncnc3sc(-c4ccccc4)cc23)CC1. The van der Waals surface area contributed by atoms with Crippen molar-refractivity contribution in [2.75, 3.05) is 38.5 Å². The number of aromatic nitrogens is 2. The molecule has 0 atom stereocenters. The molecule has 1 aromatic carbocycles. The van der Waals surface area contributed by atoms with Crippen LogP contribution in [0.4, 0.5) is 0 Å². The van der Waals surface area contributed by atoms with Crippen molar-refractivity contribution < 1.29 is 9.59 Å². The van der Waals surface area contributed by atoms with Gasteiger partial charge < -0.3 is 10.2 Å². The summed E-state index contributed by atoms with van der Waals surface area (Å²) in [7, 11) is 0. The molecule has 9 heteroatoms. The maximum absolute atomic E-state index is 12.8. The fourth-order valence-corrected chi connectivity index (χ4v) is 5.68. The molecule has 2 amide bonds. The van der Waals surface area contributed by atoms with E-state index in [4.69, 9.17) is 0 Å². The van der Waals surface area contributed by atoms with Gasteiger partial charge in [0.05, 0.1) is 12.3 Å². The molecule has 7 nitrogen and oxygen atoms in total. The lowest BCUT2D eigenvalue weighted by molar-refractivity contribution is -0.130. The predicted molar refractivity (Wildman–Crippen MR) is 134 cm³/mol. The largest absolute Gasteiger partial charge is 0.350 e. The zero-order valence-electron chi connectivity index (χ0n) is 19.2. The van der Waals surface area contributed by atoms with E-state index >= 15 is 0 Å². The van der Waals surface area contributed by atoms with Crippen LogP contribution in [0.3, 0.4) is 0 Å². The number of amides is 2. The third kappa shape index (κ3) is 6.31. The fourth-order valence-electron chi connectivity index (χ4n) is 3.73. The second-order valence-corrected chi connectivity index (χ2v) is 11.1. The quantitative estimate of drug-likeness (QED) is 0.427. The minimum Gasteiger partial charge on any atom is -0.350 e. The van der Waals surface area contributed by atoms with E-state index in [2.05, 4.69) is 38.4 Å². The number of thiophene rings is 1. The van der Waals surface area contributed by atoms with Crippen molar-refractivity contribution >= 4 is 45.1 Å². The Morgan fingerprint density at radius 2 is 1.82 bits per heavy atom. The van der Waals surface area contributed by atoms with Crippen LogP contribution in [0, 0.1) is 0 Å². The molecule has 1 aliphatic heterocycles. The van der Waals surface area contributed by atoms with Crippen LogP contribution in [-0.2, 0) is 9.59 Å². The standard InChI is InChI=1S/C24H29N5O2S2/c1-24(2,3)27-20(30)14-28-9-11-29(12-10-28)21(31)15-32-22-18-13-19(17-7-5-4-6-8-17)33-23(18)26-16-25-22/h4-8,13,16H,9-12,14-15H2,1-3H3,(H,27,30). The van der Waals surface area contributed by atoms with Crippen molar-refractivity contribution in [3.8, 4) is 10.4 Å². The second-order valence-electron chi connectivity index (χ2n) is 9.12. The van der Waals surface area contributed by atoms with Crippen molar-refractivity contribution in [3.05, 3.63) is 42.7 Å². The van der Waals surface area contributed by atoms with Gasteiger partial charge in [0.2, 0.25) is 11.8 Å². The molecule has 1 aliphatic rings. The molecule has 0 spiro atoms. The average Bonchev–Trinajstić information content (AvgIpc) is 3.22. The van der Waals surface area contributed by atoms with Crippen molar-refractivity contribution in [2.24, 2.45) is 0 Å². The van der Waals surface area contributed by atoms with Gasteiger partial charge in [-0.25, -0.2) is 9.97 Å². The van der Waals surface area contributed by atoms with Gasteiger partial charge in [-0.1, -0.05) is 42.1 Å². The molecule has 174 valence electrons. The van der Waals surface area contributed by atoms with Gasteiger partial charge in [0, 0.05) is 42.0 Å². The van der Waals surface area contributed by atoms with Gasteiger partial charge in [-0.2, -0.15) is 0 Å². The van der Waals surface area contributed by atoms with Crippen molar-refractivity contribution in [1.82, 2.24) is 25.1 Å². The van der Waals surface area contributed by atoms with Gasteiger partial charge in [-0.3, -0.25) is 14.5 Å². The zero-order chi connectivity index (χ0) is 23.4. The Balaban J connectivity index is 1.31. The zero-order valence-corrected chi connectivity index (χ0v) is 20.8. The van der Waals surface area contributed by atoms with E-state index in [-0.39, 0.29) is 17.4 Å². The lowest BCUT2D eigenvalue weighted by atomic mass is 10.1. The van der Waals surface area contributed by atoms with E-state index in [1.807, 2.05) is 43.9 Å². The molecule has 1 saturated heterocycles. The van der Waals surface area contributed by atoms with Crippen LogP contribution in [0.15, 0.2) is 47.8 Å². The highest BCUT2D eigenvalue weighted by atomic mass is 32.2. The number of thioether (sulfide) groups is 1. The van der Waals surface area contributed by atoms with Crippen molar-refractivity contribution in [3.63, 3.8) is 0 Å². The molecule has 4 rings (SSSR count). The highest BCUT2D eigenvalue weighted by molar-refractivity contribution is 8.00. The monoisotopic (exact) mass is 483 g/mol. The maximum atomic E-state index is 12.8. The summed E-state index contributed by atoms with van der Waals surface area (Å²) < 4.78 is 0. The summed E-state index contributed by atoms with van der Waals surface area (Å²) in [5.74, 6) is 0.466. The number of benzene rings is 1. The minimum absolute atomic E-state index is 0.0243. The number of nitrogens with one attached hydrogen (secondary N) is 1. The molecule has 33 heavy (non-hydrogen) atoms. The first-order valence-corrected chi connectivity index (χ1v) is 12.8. The van der Waals surface area contributed by atoms with Gasteiger partial charge in [0.1, 0.15) is 16.2 Å². The fraction of sp³-hybridized carbons (Fsp3) is 0.417. The molecule has 0 radical (unpaired) electrons. The number of carbonyl (C=O) groups excluding carboxylic acids is 2. The van der Waals surface area contributed by atoms with Gasteiger partial charge in [-0.15, -0.1) is 11.3 Å². The smallest absolute Gasteiger partial charge is 0.234 e. The number of carbonyl (C=O) groups is 2. The highest BCUT2D eigenvalue weighted by Gasteiger charge is 2.24. The van der Waals surface area contributed by atoms with Crippen molar-refractivity contribution in [2.45, 2.75) is 31.3 Å². The summed E-state index contributed by atoms with van der Waals surface area (Å²) in [5, 5.41) is 4.82. The van der Waals surface area contributed by atoms with Gasteiger partial charge >= 0.3 is 0 Å². The van der Waals surface area contributed by atoms with Crippen LogP contribution in [0.25, 0.3) is 20.7 Å². The lowest BCUT2D eigenvalue weighted by Crippen LogP contribution is -2.53. The molecule has 3 aromatic rings. The summed E-state index contributed by atoms with van der Waals surface area (Å²) in [6.45, 7) is 8.98. The van der Waals surface area contributed by atoms with Crippen LogP contribution in [0.2, 0.25) is 0 Å². The first-order valence-electron chi connectivity index (χ1n) is 11.0. The number of rotatable bonds is 6. The Kier molecular flexibility index (Phi) is 7.31. The van der Waals surface area contributed by atoms with E-state index in [0.717, 1.165) is 25.7 Å². The number of nitrogens with zero attached hydrogens (tertiary/aromatic N) is 4. The molecular formula is C24H29N5O2S2. The molecule has 3 heterocycles. The Morgan fingerprint density at radius 1 is 1.09 bits per heavy atom. The van der Waals surface area contributed by atoms with Gasteiger partial charge in [0.25, 0.3) is 0 Å². The topological polar surface area (TPSA) is 78.4 Å². The average molecular weight is 484 g/mol. The molecule has 1 fully saturated rings. The molecule has 0 bridgehead atoms. The number of hydrogen-bond acceptors (Lipinski definition) is 7. The van der Waals surface area contributed by atoms with Crippen LogP contribution in [0.1, 0.15) is 20.8 Å². The van der Waals surface area contributed by atoms with E-state index in [0.29, 0.717) is 38.5 Å². The van der Waals surface area contributed by atoms with Crippen molar-refractivity contribution in [1.29, 1.82) is 0 Å². The first-order chi connectivity index (χ1) is 15.8. The molecule has 0 saturated carbocycles. The third-order valence-electron chi connectivity index (χ3n) is 5.29. The third-order valence-corrected chi connectivity index (χ3v) is 7.37. The minimum atomic E-state index is -0.233. The molecule has 0 unspecified atom stereocenters. The lowest BCUT2D eigenvalue weighted by Gasteiger charge is -2.34. The van der Waals surface area contributed by atoms with Crippen LogP contribution < -0.4 is 5.32 Å². The van der Waals surface area contributed by atoms with Crippen LogP contribution in [-0.4, -0.2) is 75.6 Å². The van der Waals surface area contributed by atoms with E-state index in [1.54, 1.807) is 17.7 Å². The Bertz CT molecular complexity index is 1120. The normalized spacial score (nSPS) is 15.1. The molecule has 1 N–H and O–H groups in total. The Labute approximate surface area is 202 Å². The van der Waals surface area contributed by atoms with E-state index in [1.165, 1.54) is 11.8 Å². The number of piperazine rings is 1.